The minimum absolute atomic E-state index is 0.0729. The summed E-state index contributed by atoms with van der Waals surface area (Å²) < 4.78 is 28.0. The summed E-state index contributed by atoms with van der Waals surface area (Å²) in [6.07, 6.45) is 9.73. The van der Waals surface area contributed by atoms with E-state index in [1.54, 1.807) is 23.9 Å². The van der Waals surface area contributed by atoms with Gasteiger partial charge in [0.1, 0.15) is 29.2 Å². The highest BCUT2D eigenvalue weighted by Gasteiger charge is 2.48. The number of hydrogen-bond donors (Lipinski definition) is 2. The van der Waals surface area contributed by atoms with Crippen molar-refractivity contribution in [3.05, 3.63) is 81.4 Å². The molecule has 1 amide bonds. The van der Waals surface area contributed by atoms with Crippen molar-refractivity contribution in [2.75, 3.05) is 6.54 Å². The van der Waals surface area contributed by atoms with Crippen molar-refractivity contribution in [1.82, 2.24) is 15.5 Å². The number of amides is 1. The lowest BCUT2D eigenvalue weighted by atomic mass is 9.55. The van der Waals surface area contributed by atoms with E-state index in [1.165, 1.54) is 31.6 Å². The fourth-order valence-corrected chi connectivity index (χ4v) is 8.51. The number of nitrogens with one attached hydrogen (secondary N) is 2. The van der Waals surface area contributed by atoms with Gasteiger partial charge in [0, 0.05) is 46.9 Å². The molecule has 0 spiro atoms. The molecule has 4 fully saturated rings. The Morgan fingerprint density at radius 2 is 2.07 bits per heavy atom. The van der Waals surface area contributed by atoms with E-state index in [-0.39, 0.29) is 28.3 Å². The predicted molar refractivity (Wildman–Crippen MR) is 164 cm³/mol. The van der Waals surface area contributed by atoms with Crippen molar-refractivity contribution in [3.63, 3.8) is 0 Å². The minimum atomic E-state index is -1.14. The number of carbonyl (C=O) groups is 1. The van der Waals surface area contributed by atoms with Crippen molar-refractivity contribution in [3.8, 4) is 0 Å². The molecule has 4 aliphatic heterocycles. The number of carbonyl (C=O) groups excluding carboxylic acids is 1. The van der Waals surface area contributed by atoms with Crippen LogP contribution in [0.5, 0.6) is 0 Å². The minimum Gasteiger partial charge on any atom is -0.372 e. The number of allylic oxidation sites excluding steroid dienone is 3. The van der Waals surface area contributed by atoms with Crippen molar-refractivity contribution in [2.24, 2.45) is 33.7 Å². The summed E-state index contributed by atoms with van der Waals surface area (Å²) in [6, 6.07) is 3.73. The summed E-state index contributed by atoms with van der Waals surface area (Å²) in [6.45, 7) is 4.37. The number of hydrogen-bond acceptors (Lipinski definition) is 6. The standard InChI is InChI=1S/C32H34ClF2N5OS/c1-16(34)9-22-4-6-26(37-22)28-27-14-23(38-31(41)20-11-18-10-19(12-20)17(18)2)15-40(27)30(32-36-7-8-42-32)39-29(28)24-5-3-21(35)13-25(24)33/h3-9,13,16-20,23,29,32,36H,10-12,14-15H2,1-2H3,(H,38,41)/b22-9-/t16?,17-,18?,19?,20-,23-,29-,32?/m0/s1. The quantitative estimate of drug-likeness (QED) is 0.389. The van der Waals surface area contributed by atoms with Gasteiger partial charge in [-0.3, -0.25) is 9.79 Å². The van der Waals surface area contributed by atoms with Crippen LogP contribution in [0.1, 0.15) is 51.1 Å². The predicted octanol–water partition coefficient (Wildman–Crippen LogP) is 6.45. The molecule has 0 aromatic heterocycles. The summed E-state index contributed by atoms with van der Waals surface area (Å²) in [4.78, 5) is 25.7. The van der Waals surface area contributed by atoms with Gasteiger partial charge in [-0.2, -0.15) is 0 Å². The third kappa shape index (κ3) is 5.02. The van der Waals surface area contributed by atoms with E-state index >= 15 is 0 Å². The smallest absolute Gasteiger partial charge is 0.223 e. The molecule has 3 aliphatic carbocycles. The molecule has 1 aromatic carbocycles. The maximum atomic E-state index is 14.1. The zero-order valence-corrected chi connectivity index (χ0v) is 25.1. The molecule has 7 aliphatic rings. The number of alkyl halides is 1. The fourth-order valence-electron chi connectivity index (χ4n) is 7.46. The lowest BCUT2D eigenvalue weighted by molar-refractivity contribution is -0.132. The van der Waals surface area contributed by atoms with Gasteiger partial charge < -0.3 is 15.5 Å². The first-order valence-corrected chi connectivity index (χ1v) is 16.1. The maximum absolute atomic E-state index is 14.1. The lowest BCUT2D eigenvalue weighted by Crippen LogP contribution is -2.49. The van der Waals surface area contributed by atoms with Crippen LogP contribution in [0.2, 0.25) is 5.02 Å². The molecule has 4 unspecified atom stereocenters. The molecule has 4 heterocycles. The first-order chi connectivity index (χ1) is 20.2. The second-order valence-corrected chi connectivity index (χ2v) is 13.7. The third-order valence-corrected chi connectivity index (χ3v) is 10.9. The van der Waals surface area contributed by atoms with Crippen molar-refractivity contribution in [2.45, 2.75) is 63.2 Å². The van der Waals surface area contributed by atoms with E-state index in [2.05, 4.69) is 22.5 Å². The number of amidine groups is 1. The first kappa shape index (κ1) is 27.9. The zero-order chi connectivity index (χ0) is 29.1. The van der Waals surface area contributed by atoms with Crippen LogP contribution in [0.4, 0.5) is 8.78 Å². The van der Waals surface area contributed by atoms with Crippen molar-refractivity contribution in [1.29, 1.82) is 0 Å². The van der Waals surface area contributed by atoms with Gasteiger partial charge in [-0.1, -0.05) is 36.4 Å². The van der Waals surface area contributed by atoms with E-state index in [9.17, 15) is 13.6 Å². The van der Waals surface area contributed by atoms with Crippen molar-refractivity contribution < 1.29 is 13.6 Å². The molecule has 2 N–H and O–H groups in total. The Balaban J connectivity index is 1.26. The molecule has 42 heavy (non-hydrogen) atoms. The number of rotatable bonds is 6. The Morgan fingerprint density at radius 3 is 2.76 bits per heavy atom. The summed E-state index contributed by atoms with van der Waals surface area (Å²) in [5.41, 5.74) is 3.74. The monoisotopic (exact) mass is 609 g/mol. The van der Waals surface area contributed by atoms with Gasteiger partial charge in [0.15, 0.2) is 0 Å². The fraction of sp³-hybridized carbons (Fsp3) is 0.469. The Hall–Kier alpha value is -2.91. The van der Waals surface area contributed by atoms with Crippen LogP contribution in [-0.4, -0.2) is 46.5 Å². The Labute approximate surface area is 254 Å². The summed E-state index contributed by atoms with van der Waals surface area (Å²) in [5, 5.41) is 8.92. The van der Waals surface area contributed by atoms with Gasteiger partial charge >= 0.3 is 0 Å². The number of thioether (sulfide) groups is 1. The third-order valence-electron chi connectivity index (χ3n) is 9.63. The number of halogens is 3. The number of nitrogens with zero attached hydrogens (tertiary/aromatic N) is 3. The highest BCUT2D eigenvalue weighted by molar-refractivity contribution is 8.03. The van der Waals surface area contributed by atoms with E-state index in [0.717, 1.165) is 35.9 Å². The van der Waals surface area contributed by atoms with Crippen LogP contribution in [0.3, 0.4) is 0 Å². The Bertz CT molecular complexity index is 1480. The van der Waals surface area contributed by atoms with Crippen LogP contribution < -0.4 is 10.6 Å². The van der Waals surface area contributed by atoms with Crippen LogP contribution in [0.25, 0.3) is 0 Å². The average Bonchev–Trinajstić information content (AvgIpc) is 3.73. The molecule has 10 heteroatoms. The Kier molecular flexibility index (Phi) is 7.29. The maximum Gasteiger partial charge on any atom is 0.223 e. The van der Waals surface area contributed by atoms with Crippen LogP contribution >= 0.6 is 23.4 Å². The molecule has 2 bridgehead atoms. The largest absolute Gasteiger partial charge is 0.372 e. The molecule has 8 rings (SSSR count). The average molecular weight is 610 g/mol. The van der Waals surface area contributed by atoms with E-state index in [4.69, 9.17) is 21.6 Å². The molecular formula is C32H34ClF2N5OS. The van der Waals surface area contributed by atoms with Crippen LogP contribution in [0, 0.1) is 29.5 Å². The second kappa shape index (κ2) is 11.0. The van der Waals surface area contributed by atoms with E-state index in [1.807, 2.05) is 17.7 Å². The van der Waals surface area contributed by atoms with Crippen LogP contribution in [0.15, 0.2) is 75.0 Å². The molecule has 1 aromatic rings. The van der Waals surface area contributed by atoms with Gasteiger partial charge in [-0.15, -0.1) is 0 Å². The molecule has 0 radical (unpaired) electrons. The number of fused-ring (bicyclic) bond motifs is 3. The zero-order valence-electron chi connectivity index (χ0n) is 23.6. The Morgan fingerprint density at radius 1 is 1.26 bits per heavy atom. The molecule has 220 valence electrons. The molecule has 6 atom stereocenters. The summed E-state index contributed by atoms with van der Waals surface area (Å²) in [7, 11) is 0. The normalized spacial score (nSPS) is 34.6. The van der Waals surface area contributed by atoms with Gasteiger partial charge in [0.25, 0.3) is 0 Å². The first-order valence-electron chi connectivity index (χ1n) is 14.8. The molecule has 3 saturated carbocycles. The van der Waals surface area contributed by atoms with Gasteiger partial charge in [0.2, 0.25) is 5.91 Å². The number of benzene rings is 1. The summed E-state index contributed by atoms with van der Waals surface area (Å²) >= 11 is 8.26. The highest BCUT2D eigenvalue weighted by atomic mass is 35.5. The molecule has 1 saturated heterocycles. The van der Waals surface area contributed by atoms with Gasteiger partial charge in [-0.05, 0) is 79.7 Å². The van der Waals surface area contributed by atoms with E-state index < -0.39 is 18.0 Å². The van der Waals surface area contributed by atoms with Gasteiger partial charge in [0.05, 0.1) is 17.5 Å². The SMILES string of the molecule is CC(F)/C=C1/C=CC(C2=C3C[C@H](NC(=O)[C@H]4CC5CC(C4)[C@H]5C)CN3C(C3NC=CS3)=N[C@H]2c2ccc(F)cc2Cl)=N1. The van der Waals surface area contributed by atoms with Crippen LogP contribution in [-0.2, 0) is 4.79 Å². The molecular weight excluding hydrogens is 576 g/mol. The summed E-state index contributed by atoms with van der Waals surface area (Å²) in [5.74, 6) is 2.70. The highest BCUT2D eigenvalue weighted by Crippen LogP contribution is 2.52. The molecule has 6 nitrogen and oxygen atoms in total. The van der Waals surface area contributed by atoms with Gasteiger partial charge in [-0.25, -0.2) is 13.8 Å². The van der Waals surface area contributed by atoms with Crippen molar-refractivity contribution >= 4 is 40.8 Å². The number of aliphatic imine (C=N–C) groups is 2. The second-order valence-electron chi connectivity index (χ2n) is 12.3. The van der Waals surface area contributed by atoms with E-state index in [0.29, 0.717) is 41.8 Å². The lowest BCUT2D eigenvalue weighted by Gasteiger charge is -2.50. The topological polar surface area (TPSA) is 69.1 Å².